The molecule has 0 spiro atoms. The topological polar surface area (TPSA) is 60.9 Å². The zero-order valence-corrected chi connectivity index (χ0v) is 17.5. The van der Waals surface area contributed by atoms with E-state index in [0.29, 0.717) is 17.9 Å². The van der Waals surface area contributed by atoms with Gasteiger partial charge in [-0.1, -0.05) is 13.3 Å². The van der Waals surface area contributed by atoms with E-state index in [-0.39, 0.29) is 6.54 Å². The Labute approximate surface area is 174 Å². The standard InChI is InChI=1S/C20H21F3N6S/c1-3-12-4-5-13-14(9-12)30-19-17(13)18-25-16(27-29(18)10-24-19)6-7-28-11(2)8-15(26-28)20(21,22)23/h8,10,12H,3-7,9H2,1-2H3. The van der Waals surface area contributed by atoms with Crippen LogP contribution in [0.1, 0.15) is 47.4 Å². The van der Waals surface area contributed by atoms with Crippen LogP contribution in [-0.2, 0) is 32.0 Å². The molecule has 6 nitrogen and oxygen atoms in total. The van der Waals surface area contributed by atoms with Crippen molar-refractivity contribution < 1.29 is 13.2 Å². The molecule has 0 saturated heterocycles. The van der Waals surface area contributed by atoms with Crippen LogP contribution in [0, 0.1) is 12.8 Å². The molecule has 4 heterocycles. The summed E-state index contributed by atoms with van der Waals surface area (Å²) in [7, 11) is 0. The van der Waals surface area contributed by atoms with Gasteiger partial charge in [-0.15, -0.1) is 16.4 Å². The van der Waals surface area contributed by atoms with Gasteiger partial charge in [-0.05, 0) is 43.7 Å². The van der Waals surface area contributed by atoms with Gasteiger partial charge in [-0.2, -0.15) is 18.3 Å². The van der Waals surface area contributed by atoms with Crippen molar-refractivity contribution in [3.63, 3.8) is 0 Å². The second-order valence-corrected chi connectivity index (χ2v) is 8.97. The molecule has 5 rings (SSSR count). The molecule has 0 radical (unpaired) electrons. The first-order chi connectivity index (χ1) is 14.3. The van der Waals surface area contributed by atoms with Gasteiger partial charge in [0.1, 0.15) is 11.2 Å². The number of rotatable bonds is 4. The van der Waals surface area contributed by atoms with E-state index in [1.54, 1.807) is 29.1 Å². The molecular weight excluding hydrogens is 413 g/mol. The van der Waals surface area contributed by atoms with Crippen LogP contribution in [0.3, 0.4) is 0 Å². The molecule has 1 aliphatic carbocycles. The van der Waals surface area contributed by atoms with Gasteiger partial charge in [-0.25, -0.2) is 14.5 Å². The predicted molar refractivity (Wildman–Crippen MR) is 108 cm³/mol. The third-order valence-electron chi connectivity index (χ3n) is 5.93. The fraction of sp³-hybridized carbons (Fsp3) is 0.500. The van der Waals surface area contributed by atoms with Crippen molar-refractivity contribution >= 4 is 27.2 Å². The van der Waals surface area contributed by atoms with Crippen LogP contribution in [0.2, 0.25) is 0 Å². The summed E-state index contributed by atoms with van der Waals surface area (Å²) in [6, 6.07) is 1.06. The first-order valence-electron chi connectivity index (χ1n) is 10.1. The molecule has 0 N–H and O–H groups in total. The summed E-state index contributed by atoms with van der Waals surface area (Å²) in [4.78, 5) is 11.7. The summed E-state index contributed by atoms with van der Waals surface area (Å²) < 4.78 is 41.7. The molecule has 0 amide bonds. The second-order valence-electron chi connectivity index (χ2n) is 7.88. The van der Waals surface area contributed by atoms with E-state index in [1.165, 1.54) is 28.0 Å². The lowest BCUT2D eigenvalue weighted by molar-refractivity contribution is -0.141. The number of nitrogens with zero attached hydrogens (tertiary/aromatic N) is 6. The molecule has 4 aromatic rings. The van der Waals surface area contributed by atoms with Crippen molar-refractivity contribution in [2.24, 2.45) is 5.92 Å². The second kappa shape index (κ2) is 7.04. The van der Waals surface area contributed by atoms with Gasteiger partial charge >= 0.3 is 6.18 Å². The molecule has 0 aromatic carbocycles. The smallest absolute Gasteiger partial charge is 0.269 e. The number of hydrogen-bond acceptors (Lipinski definition) is 5. The minimum absolute atomic E-state index is 0.287. The van der Waals surface area contributed by atoms with E-state index >= 15 is 0 Å². The van der Waals surface area contributed by atoms with E-state index < -0.39 is 11.9 Å². The Balaban J connectivity index is 1.45. The summed E-state index contributed by atoms with van der Waals surface area (Å²) >= 11 is 1.75. The van der Waals surface area contributed by atoms with Crippen LogP contribution >= 0.6 is 11.3 Å². The van der Waals surface area contributed by atoms with Crippen LogP contribution in [0.15, 0.2) is 12.4 Å². The molecular formula is C20H21F3N6S. The Morgan fingerprint density at radius 1 is 1.27 bits per heavy atom. The van der Waals surface area contributed by atoms with Crippen molar-refractivity contribution in [3.8, 4) is 0 Å². The Morgan fingerprint density at radius 3 is 2.83 bits per heavy atom. The van der Waals surface area contributed by atoms with E-state index in [9.17, 15) is 13.2 Å². The highest BCUT2D eigenvalue weighted by molar-refractivity contribution is 7.19. The van der Waals surface area contributed by atoms with Gasteiger partial charge < -0.3 is 0 Å². The number of thiophene rings is 1. The van der Waals surface area contributed by atoms with E-state index in [1.807, 2.05) is 0 Å². The van der Waals surface area contributed by atoms with Gasteiger partial charge in [0.25, 0.3) is 0 Å². The van der Waals surface area contributed by atoms with E-state index in [2.05, 4.69) is 22.1 Å². The zero-order chi connectivity index (χ0) is 21.0. The third kappa shape index (κ3) is 3.27. The molecule has 0 fully saturated rings. The van der Waals surface area contributed by atoms with E-state index in [4.69, 9.17) is 4.98 Å². The number of aryl methyl sites for hydroxylation is 4. The summed E-state index contributed by atoms with van der Waals surface area (Å²) in [6.07, 6.45) is 2.13. The highest BCUT2D eigenvalue weighted by atomic mass is 32.1. The lowest BCUT2D eigenvalue weighted by Crippen LogP contribution is -2.11. The number of aromatic nitrogens is 6. The maximum atomic E-state index is 12.9. The summed E-state index contributed by atoms with van der Waals surface area (Å²) in [6.45, 7) is 4.15. The molecule has 1 unspecified atom stereocenters. The van der Waals surface area contributed by atoms with Crippen molar-refractivity contribution in [1.82, 2.24) is 29.4 Å². The summed E-state index contributed by atoms with van der Waals surface area (Å²) in [5.74, 6) is 1.31. The first kappa shape index (κ1) is 19.5. The fourth-order valence-corrected chi connectivity index (χ4v) is 5.52. The van der Waals surface area contributed by atoms with Crippen molar-refractivity contribution in [2.45, 2.75) is 58.7 Å². The van der Waals surface area contributed by atoms with Crippen LogP contribution in [0.5, 0.6) is 0 Å². The number of halogens is 3. The van der Waals surface area contributed by atoms with Crippen LogP contribution in [-0.4, -0.2) is 29.4 Å². The molecule has 30 heavy (non-hydrogen) atoms. The normalized spacial score (nSPS) is 17.2. The maximum Gasteiger partial charge on any atom is 0.435 e. The van der Waals surface area contributed by atoms with Crippen molar-refractivity contribution in [1.29, 1.82) is 0 Å². The zero-order valence-electron chi connectivity index (χ0n) is 16.7. The van der Waals surface area contributed by atoms with Gasteiger partial charge in [0, 0.05) is 23.5 Å². The first-order valence-corrected chi connectivity index (χ1v) is 10.9. The molecule has 10 heteroatoms. The van der Waals surface area contributed by atoms with Gasteiger partial charge in [0.05, 0.1) is 5.39 Å². The summed E-state index contributed by atoms with van der Waals surface area (Å²) in [5.41, 5.74) is 1.72. The van der Waals surface area contributed by atoms with Crippen molar-refractivity contribution in [2.75, 3.05) is 0 Å². The molecule has 0 saturated carbocycles. The highest BCUT2D eigenvalue weighted by Gasteiger charge is 2.34. The van der Waals surface area contributed by atoms with Gasteiger partial charge in [-0.3, -0.25) is 4.68 Å². The predicted octanol–water partition coefficient (Wildman–Crippen LogP) is 4.62. The quantitative estimate of drug-likeness (QED) is 0.470. The average molecular weight is 434 g/mol. The summed E-state index contributed by atoms with van der Waals surface area (Å²) in [5, 5.41) is 9.27. The van der Waals surface area contributed by atoms with Crippen LogP contribution in [0.4, 0.5) is 13.2 Å². The van der Waals surface area contributed by atoms with Crippen LogP contribution < -0.4 is 0 Å². The largest absolute Gasteiger partial charge is 0.435 e. The van der Waals surface area contributed by atoms with Gasteiger partial charge in [0.15, 0.2) is 17.2 Å². The molecule has 0 aliphatic heterocycles. The molecule has 1 aliphatic rings. The minimum Gasteiger partial charge on any atom is -0.269 e. The molecule has 1 atom stereocenters. The monoisotopic (exact) mass is 434 g/mol. The maximum absolute atomic E-state index is 12.9. The highest BCUT2D eigenvalue weighted by Crippen LogP contribution is 2.39. The fourth-order valence-electron chi connectivity index (χ4n) is 4.22. The lowest BCUT2D eigenvalue weighted by Gasteiger charge is -2.20. The number of fused-ring (bicyclic) bond motifs is 5. The van der Waals surface area contributed by atoms with Crippen molar-refractivity contribution in [3.05, 3.63) is 40.0 Å². The number of alkyl halides is 3. The van der Waals surface area contributed by atoms with Crippen LogP contribution in [0.25, 0.3) is 15.9 Å². The SMILES string of the molecule is CCC1CCc2c(sc3ncn4nc(CCn5nc(C(F)(F)F)cc5C)nc4c23)C1. The minimum atomic E-state index is -4.44. The Hall–Kier alpha value is -2.49. The third-order valence-corrected chi connectivity index (χ3v) is 7.09. The number of hydrogen-bond donors (Lipinski definition) is 0. The molecule has 4 aromatic heterocycles. The Morgan fingerprint density at radius 2 is 2.10 bits per heavy atom. The van der Waals surface area contributed by atoms with E-state index in [0.717, 1.165) is 40.7 Å². The average Bonchev–Trinajstić information content (AvgIpc) is 3.38. The lowest BCUT2D eigenvalue weighted by atomic mass is 9.86. The Kier molecular flexibility index (Phi) is 4.57. The molecule has 0 bridgehead atoms. The van der Waals surface area contributed by atoms with Gasteiger partial charge in [0.2, 0.25) is 0 Å². The molecule has 158 valence electrons. The Bertz CT molecular complexity index is 1240.